The molecule has 0 bridgehead atoms. The second kappa shape index (κ2) is 8.14. The third-order valence-corrected chi connectivity index (χ3v) is 6.41. The van der Waals surface area contributed by atoms with Gasteiger partial charge in [-0.3, -0.25) is 9.59 Å². The van der Waals surface area contributed by atoms with Gasteiger partial charge < -0.3 is 9.15 Å². The largest absolute Gasteiger partial charge is 0.461 e. The molecule has 158 valence electrons. The lowest BCUT2D eigenvalue weighted by Gasteiger charge is -2.09. The maximum atomic E-state index is 12.5. The van der Waals surface area contributed by atoms with E-state index in [4.69, 9.17) is 9.15 Å². The fraction of sp³-hybridized carbons (Fsp3) is 0.346. The molecular formula is C26H24O5. The molecule has 5 rings (SSSR count). The molecule has 0 aliphatic heterocycles. The van der Waals surface area contributed by atoms with Gasteiger partial charge >= 0.3 is 11.6 Å². The number of benzene rings is 2. The van der Waals surface area contributed by atoms with Gasteiger partial charge in [0.05, 0.1) is 6.42 Å². The van der Waals surface area contributed by atoms with Gasteiger partial charge in [0.1, 0.15) is 12.2 Å². The lowest BCUT2D eigenvalue weighted by Crippen LogP contribution is -2.10. The molecule has 5 nitrogen and oxygen atoms in total. The number of hydrogen-bond donors (Lipinski definition) is 0. The Morgan fingerprint density at radius 2 is 1.55 bits per heavy atom. The van der Waals surface area contributed by atoms with Crippen LogP contribution < -0.4 is 5.63 Å². The Balaban J connectivity index is 1.23. The summed E-state index contributed by atoms with van der Waals surface area (Å²) in [6.07, 6.45) is 6.45. The van der Waals surface area contributed by atoms with E-state index >= 15 is 0 Å². The first-order valence-electron chi connectivity index (χ1n) is 11.0. The number of Topliss-reactive ketones (excluding diaryl/α,β-unsaturated/α-hetero) is 1. The van der Waals surface area contributed by atoms with Crippen LogP contribution in [0.4, 0.5) is 0 Å². The first-order valence-corrected chi connectivity index (χ1v) is 11.0. The van der Waals surface area contributed by atoms with Gasteiger partial charge in [-0.15, -0.1) is 0 Å². The molecule has 0 radical (unpaired) electrons. The molecule has 5 heteroatoms. The highest BCUT2D eigenvalue weighted by Crippen LogP contribution is 2.29. The minimum absolute atomic E-state index is 0.00719. The standard InChI is InChI=1S/C26H24O5/c27-23(20-8-7-16-3-1-4-17(16)11-20)9-10-25(28)30-15-21-14-26(29)31-24-13-19-6-2-5-18(19)12-22(21)24/h7-8,11-14H,1-6,9-10,15H2. The zero-order chi connectivity index (χ0) is 21.4. The van der Waals surface area contributed by atoms with Crippen molar-refractivity contribution in [2.24, 2.45) is 0 Å². The predicted octanol–water partition coefficient (Wildman–Crippen LogP) is 4.48. The van der Waals surface area contributed by atoms with Crippen molar-refractivity contribution in [3.8, 4) is 0 Å². The Hall–Kier alpha value is -3.21. The Bertz CT molecular complexity index is 1250. The Morgan fingerprint density at radius 3 is 2.35 bits per heavy atom. The van der Waals surface area contributed by atoms with Crippen LogP contribution >= 0.6 is 0 Å². The van der Waals surface area contributed by atoms with Crippen molar-refractivity contribution >= 4 is 22.7 Å². The zero-order valence-corrected chi connectivity index (χ0v) is 17.4. The summed E-state index contributed by atoms with van der Waals surface area (Å²) in [5.41, 5.74) is 6.42. The molecule has 1 aromatic heterocycles. The van der Waals surface area contributed by atoms with E-state index in [1.807, 2.05) is 30.3 Å². The third kappa shape index (κ3) is 4.05. The minimum atomic E-state index is -0.455. The molecule has 0 N–H and O–H groups in total. The van der Waals surface area contributed by atoms with Crippen LogP contribution in [-0.2, 0) is 41.8 Å². The van der Waals surface area contributed by atoms with Crippen LogP contribution in [0.1, 0.15) is 63.9 Å². The van der Waals surface area contributed by atoms with Crippen molar-refractivity contribution < 1.29 is 18.7 Å². The summed E-state index contributed by atoms with van der Waals surface area (Å²) in [7, 11) is 0. The second-order valence-electron chi connectivity index (χ2n) is 8.48. The van der Waals surface area contributed by atoms with Crippen LogP contribution in [0.15, 0.2) is 45.6 Å². The van der Waals surface area contributed by atoms with Gasteiger partial charge in [0.25, 0.3) is 0 Å². The van der Waals surface area contributed by atoms with E-state index in [-0.39, 0.29) is 25.2 Å². The van der Waals surface area contributed by atoms with Gasteiger partial charge in [-0.05, 0) is 79.0 Å². The van der Waals surface area contributed by atoms with Crippen LogP contribution in [0, 0.1) is 0 Å². The summed E-state index contributed by atoms with van der Waals surface area (Å²) in [4.78, 5) is 36.7. The first-order chi connectivity index (χ1) is 15.1. The Labute approximate surface area is 180 Å². The number of esters is 1. The maximum absolute atomic E-state index is 12.5. The van der Waals surface area contributed by atoms with Crippen molar-refractivity contribution in [2.45, 2.75) is 58.0 Å². The number of aryl methyl sites for hydroxylation is 4. The van der Waals surface area contributed by atoms with Gasteiger partial charge in [-0.2, -0.15) is 0 Å². The molecule has 31 heavy (non-hydrogen) atoms. The molecule has 0 fully saturated rings. The second-order valence-corrected chi connectivity index (χ2v) is 8.48. The molecule has 0 spiro atoms. The lowest BCUT2D eigenvalue weighted by atomic mass is 10.0. The molecule has 1 heterocycles. The third-order valence-electron chi connectivity index (χ3n) is 6.41. The van der Waals surface area contributed by atoms with E-state index in [9.17, 15) is 14.4 Å². The number of carbonyl (C=O) groups excluding carboxylic acids is 2. The monoisotopic (exact) mass is 416 g/mol. The molecule has 0 unspecified atom stereocenters. The topological polar surface area (TPSA) is 73.6 Å². The smallest absolute Gasteiger partial charge is 0.336 e. The van der Waals surface area contributed by atoms with E-state index in [2.05, 4.69) is 0 Å². The average molecular weight is 416 g/mol. The molecule has 0 saturated carbocycles. The number of rotatable bonds is 6. The van der Waals surface area contributed by atoms with E-state index in [0.717, 1.165) is 43.9 Å². The number of carbonyl (C=O) groups is 2. The number of ether oxygens (including phenoxy) is 1. The number of fused-ring (bicyclic) bond motifs is 3. The highest BCUT2D eigenvalue weighted by Gasteiger charge is 2.17. The fourth-order valence-corrected chi connectivity index (χ4v) is 4.75. The van der Waals surface area contributed by atoms with Gasteiger partial charge in [0.2, 0.25) is 0 Å². The SMILES string of the molecule is O=C(CCC(=O)c1ccc2c(c1)CCC2)OCc1cc(=O)oc2cc3c(cc12)CCC3. The summed E-state index contributed by atoms with van der Waals surface area (Å²) in [5, 5.41) is 0.808. The van der Waals surface area contributed by atoms with E-state index < -0.39 is 11.6 Å². The molecule has 2 aliphatic rings. The Morgan fingerprint density at radius 1 is 0.839 bits per heavy atom. The first kappa shape index (κ1) is 19.7. The molecule has 0 saturated heterocycles. The van der Waals surface area contributed by atoms with Crippen molar-refractivity contribution in [1.29, 1.82) is 0 Å². The normalized spacial score (nSPS) is 14.5. The van der Waals surface area contributed by atoms with Gasteiger partial charge in [-0.25, -0.2) is 4.79 Å². The quantitative estimate of drug-likeness (QED) is 0.337. The maximum Gasteiger partial charge on any atom is 0.336 e. The Kier molecular flexibility index (Phi) is 5.18. The average Bonchev–Trinajstić information content (AvgIpc) is 3.42. The van der Waals surface area contributed by atoms with Crippen molar-refractivity contribution in [2.75, 3.05) is 0 Å². The van der Waals surface area contributed by atoms with Gasteiger partial charge in [-0.1, -0.05) is 12.1 Å². The molecule has 3 aromatic rings. The highest BCUT2D eigenvalue weighted by atomic mass is 16.5. The zero-order valence-electron chi connectivity index (χ0n) is 17.4. The summed E-state index contributed by atoms with van der Waals surface area (Å²) >= 11 is 0. The van der Waals surface area contributed by atoms with Crippen LogP contribution in [0.2, 0.25) is 0 Å². The van der Waals surface area contributed by atoms with Crippen molar-refractivity contribution in [3.63, 3.8) is 0 Å². The molecule has 2 aliphatic carbocycles. The van der Waals surface area contributed by atoms with E-state index in [1.54, 1.807) is 0 Å². The molecule has 0 amide bonds. The molecule has 0 atom stereocenters. The lowest BCUT2D eigenvalue weighted by molar-refractivity contribution is -0.144. The summed E-state index contributed by atoms with van der Waals surface area (Å²) in [6, 6.07) is 11.2. The number of hydrogen-bond acceptors (Lipinski definition) is 5. The minimum Gasteiger partial charge on any atom is -0.461 e. The molecule has 2 aromatic carbocycles. The summed E-state index contributed by atoms with van der Waals surface area (Å²) < 4.78 is 10.8. The molecular weight excluding hydrogens is 392 g/mol. The number of ketones is 1. The highest BCUT2D eigenvalue weighted by molar-refractivity contribution is 5.97. The van der Waals surface area contributed by atoms with Crippen molar-refractivity contribution in [1.82, 2.24) is 0 Å². The van der Waals surface area contributed by atoms with Crippen LogP contribution in [0.5, 0.6) is 0 Å². The van der Waals surface area contributed by atoms with Crippen LogP contribution in [0.3, 0.4) is 0 Å². The summed E-state index contributed by atoms with van der Waals surface area (Å²) in [6.45, 7) is -0.00719. The van der Waals surface area contributed by atoms with Crippen molar-refractivity contribution in [3.05, 3.63) is 80.2 Å². The predicted molar refractivity (Wildman–Crippen MR) is 116 cm³/mol. The fourth-order valence-electron chi connectivity index (χ4n) is 4.75. The van der Waals surface area contributed by atoms with Gasteiger partial charge in [0.15, 0.2) is 5.78 Å². The summed E-state index contributed by atoms with van der Waals surface area (Å²) in [5.74, 6) is -0.495. The van der Waals surface area contributed by atoms with Crippen LogP contribution in [-0.4, -0.2) is 11.8 Å². The van der Waals surface area contributed by atoms with E-state index in [0.29, 0.717) is 16.7 Å². The van der Waals surface area contributed by atoms with Gasteiger partial charge in [0, 0.05) is 29.0 Å². The van der Waals surface area contributed by atoms with E-state index in [1.165, 1.54) is 28.3 Å². The van der Waals surface area contributed by atoms with Crippen LogP contribution in [0.25, 0.3) is 11.0 Å².